The SMILES string of the molecule is CC(C(=O)O)C(=O)NC(C)c1cccc2ccccc12. The highest BCUT2D eigenvalue weighted by atomic mass is 16.4. The predicted molar refractivity (Wildman–Crippen MR) is 77.3 cm³/mol. The van der Waals surface area contributed by atoms with Crippen molar-refractivity contribution in [1.29, 1.82) is 0 Å². The van der Waals surface area contributed by atoms with E-state index < -0.39 is 17.8 Å². The maximum Gasteiger partial charge on any atom is 0.315 e. The highest BCUT2D eigenvalue weighted by molar-refractivity contribution is 5.97. The summed E-state index contributed by atoms with van der Waals surface area (Å²) in [7, 11) is 0. The Kier molecular flexibility index (Phi) is 4.03. The molecular weight excluding hydrogens is 254 g/mol. The van der Waals surface area contributed by atoms with Gasteiger partial charge in [0.2, 0.25) is 5.91 Å². The van der Waals surface area contributed by atoms with Gasteiger partial charge >= 0.3 is 5.97 Å². The predicted octanol–water partition coefficient (Wildman–Crippen LogP) is 2.74. The van der Waals surface area contributed by atoms with Crippen molar-refractivity contribution in [2.24, 2.45) is 5.92 Å². The number of rotatable bonds is 4. The van der Waals surface area contributed by atoms with Gasteiger partial charge in [-0.15, -0.1) is 0 Å². The van der Waals surface area contributed by atoms with Gasteiger partial charge in [0, 0.05) is 0 Å². The van der Waals surface area contributed by atoms with E-state index in [-0.39, 0.29) is 6.04 Å². The summed E-state index contributed by atoms with van der Waals surface area (Å²) in [5, 5.41) is 13.8. The third-order valence-electron chi connectivity index (χ3n) is 3.41. The standard InChI is InChI=1S/C16H17NO3/c1-10(16(19)20)15(18)17-11(2)13-9-5-7-12-6-3-4-8-14(12)13/h3-11H,1-2H3,(H,17,18)(H,19,20). The maximum absolute atomic E-state index is 11.8. The minimum atomic E-state index is -1.12. The largest absolute Gasteiger partial charge is 0.481 e. The van der Waals surface area contributed by atoms with Crippen LogP contribution < -0.4 is 5.32 Å². The molecule has 20 heavy (non-hydrogen) atoms. The molecule has 0 aliphatic carbocycles. The lowest BCUT2D eigenvalue weighted by molar-refractivity contribution is -0.146. The monoisotopic (exact) mass is 271 g/mol. The van der Waals surface area contributed by atoms with E-state index >= 15 is 0 Å². The van der Waals surface area contributed by atoms with Crippen molar-refractivity contribution in [3.8, 4) is 0 Å². The Bertz CT molecular complexity index is 646. The van der Waals surface area contributed by atoms with E-state index in [2.05, 4.69) is 5.32 Å². The molecule has 2 aromatic carbocycles. The zero-order valence-corrected chi connectivity index (χ0v) is 11.5. The van der Waals surface area contributed by atoms with E-state index in [9.17, 15) is 9.59 Å². The number of hydrogen-bond acceptors (Lipinski definition) is 2. The number of carboxylic acids is 1. The van der Waals surface area contributed by atoms with Crippen molar-refractivity contribution in [3.05, 3.63) is 48.0 Å². The molecular formula is C16H17NO3. The van der Waals surface area contributed by atoms with Gasteiger partial charge in [-0.2, -0.15) is 0 Å². The van der Waals surface area contributed by atoms with Crippen LogP contribution in [0.5, 0.6) is 0 Å². The first-order chi connectivity index (χ1) is 9.50. The summed E-state index contributed by atoms with van der Waals surface area (Å²) >= 11 is 0. The lowest BCUT2D eigenvalue weighted by atomic mass is 9.99. The Morgan fingerprint density at radius 2 is 1.70 bits per heavy atom. The molecule has 2 aromatic rings. The number of benzene rings is 2. The second kappa shape index (κ2) is 5.74. The molecule has 2 atom stereocenters. The Balaban J connectivity index is 2.26. The van der Waals surface area contributed by atoms with Crippen molar-refractivity contribution in [1.82, 2.24) is 5.32 Å². The zero-order chi connectivity index (χ0) is 14.7. The highest BCUT2D eigenvalue weighted by Gasteiger charge is 2.22. The normalized spacial score (nSPS) is 13.7. The second-order valence-corrected chi connectivity index (χ2v) is 4.86. The van der Waals surface area contributed by atoms with E-state index in [0.717, 1.165) is 16.3 Å². The first kappa shape index (κ1) is 14.1. The van der Waals surface area contributed by atoms with Gasteiger partial charge in [0.05, 0.1) is 6.04 Å². The molecule has 1 amide bonds. The van der Waals surface area contributed by atoms with Gasteiger partial charge in [-0.3, -0.25) is 9.59 Å². The summed E-state index contributed by atoms with van der Waals surface area (Å²) in [6, 6.07) is 13.5. The number of carboxylic acid groups (broad SMARTS) is 1. The van der Waals surface area contributed by atoms with Crippen LogP contribution >= 0.6 is 0 Å². The Morgan fingerprint density at radius 1 is 1.05 bits per heavy atom. The summed E-state index contributed by atoms with van der Waals surface area (Å²) < 4.78 is 0. The Morgan fingerprint density at radius 3 is 2.40 bits per heavy atom. The van der Waals surface area contributed by atoms with Crippen LogP contribution in [0.3, 0.4) is 0 Å². The van der Waals surface area contributed by atoms with Gasteiger partial charge in [0.25, 0.3) is 0 Å². The topological polar surface area (TPSA) is 66.4 Å². The van der Waals surface area contributed by atoms with Crippen LogP contribution in [0.2, 0.25) is 0 Å². The van der Waals surface area contributed by atoms with Crippen LogP contribution in [0, 0.1) is 5.92 Å². The number of hydrogen-bond donors (Lipinski definition) is 2. The van der Waals surface area contributed by atoms with Gasteiger partial charge in [-0.05, 0) is 30.2 Å². The van der Waals surface area contributed by atoms with E-state index in [1.807, 2.05) is 49.4 Å². The molecule has 0 aromatic heterocycles. The molecule has 2 N–H and O–H groups in total. The fourth-order valence-electron chi connectivity index (χ4n) is 2.16. The van der Waals surface area contributed by atoms with E-state index in [4.69, 9.17) is 5.11 Å². The molecule has 0 saturated heterocycles. The van der Waals surface area contributed by atoms with E-state index in [0.29, 0.717) is 0 Å². The molecule has 2 rings (SSSR count). The average Bonchev–Trinajstić information content (AvgIpc) is 2.45. The van der Waals surface area contributed by atoms with E-state index in [1.165, 1.54) is 6.92 Å². The first-order valence-electron chi connectivity index (χ1n) is 6.51. The fourth-order valence-corrected chi connectivity index (χ4v) is 2.16. The summed E-state index contributed by atoms with van der Waals surface area (Å²) in [6.45, 7) is 3.24. The molecule has 0 heterocycles. The van der Waals surface area contributed by atoms with Gasteiger partial charge in [0.1, 0.15) is 5.92 Å². The number of amides is 1. The van der Waals surface area contributed by atoms with Crippen LogP contribution in [0.15, 0.2) is 42.5 Å². The quantitative estimate of drug-likeness (QED) is 0.840. The minimum absolute atomic E-state index is 0.240. The molecule has 0 spiro atoms. The summed E-state index contributed by atoms with van der Waals surface area (Å²) in [4.78, 5) is 22.6. The van der Waals surface area contributed by atoms with Crippen LogP contribution in [-0.2, 0) is 9.59 Å². The third-order valence-corrected chi connectivity index (χ3v) is 3.41. The smallest absolute Gasteiger partial charge is 0.315 e. The molecule has 0 fully saturated rings. The number of fused-ring (bicyclic) bond motifs is 1. The minimum Gasteiger partial charge on any atom is -0.481 e. The molecule has 4 nitrogen and oxygen atoms in total. The average molecular weight is 271 g/mol. The highest BCUT2D eigenvalue weighted by Crippen LogP contribution is 2.24. The lowest BCUT2D eigenvalue weighted by Crippen LogP contribution is -2.35. The lowest BCUT2D eigenvalue weighted by Gasteiger charge is -2.18. The van der Waals surface area contributed by atoms with Gasteiger partial charge in [0.15, 0.2) is 0 Å². The first-order valence-corrected chi connectivity index (χ1v) is 6.51. The number of aliphatic carboxylic acids is 1. The van der Waals surface area contributed by atoms with Gasteiger partial charge in [-0.25, -0.2) is 0 Å². The molecule has 104 valence electrons. The van der Waals surface area contributed by atoms with Crippen molar-refractivity contribution >= 4 is 22.6 Å². The van der Waals surface area contributed by atoms with Crippen molar-refractivity contribution in [3.63, 3.8) is 0 Å². The van der Waals surface area contributed by atoms with Crippen LogP contribution in [0.4, 0.5) is 0 Å². The van der Waals surface area contributed by atoms with Crippen molar-refractivity contribution in [2.45, 2.75) is 19.9 Å². The number of carbonyl (C=O) groups is 2. The van der Waals surface area contributed by atoms with Crippen LogP contribution in [-0.4, -0.2) is 17.0 Å². The Hall–Kier alpha value is -2.36. The number of nitrogens with one attached hydrogen (secondary N) is 1. The summed E-state index contributed by atoms with van der Waals surface area (Å²) in [5.41, 5.74) is 0.981. The van der Waals surface area contributed by atoms with Crippen molar-refractivity contribution < 1.29 is 14.7 Å². The zero-order valence-electron chi connectivity index (χ0n) is 11.5. The van der Waals surface area contributed by atoms with Crippen LogP contribution in [0.1, 0.15) is 25.5 Å². The molecule has 0 bridgehead atoms. The molecule has 2 unspecified atom stereocenters. The third kappa shape index (κ3) is 2.79. The summed E-state index contributed by atoms with van der Waals surface area (Å²) in [6.07, 6.45) is 0. The molecule has 0 saturated carbocycles. The van der Waals surface area contributed by atoms with Crippen molar-refractivity contribution in [2.75, 3.05) is 0 Å². The van der Waals surface area contributed by atoms with Gasteiger partial charge < -0.3 is 10.4 Å². The number of carbonyl (C=O) groups excluding carboxylic acids is 1. The van der Waals surface area contributed by atoms with E-state index in [1.54, 1.807) is 0 Å². The summed E-state index contributed by atoms with van der Waals surface area (Å²) in [5.74, 6) is -2.64. The Labute approximate surface area is 117 Å². The molecule has 0 aliphatic heterocycles. The van der Waals surface area contributed by atoms with Crippen LogP contribution in [0.25, 0.3) is 10.8 Å². The molecule has 0 aliphatic rings. The molecule has 4 heteroatoms. The van der Waals surface area contributed by atoms with Gasteiger partial charge in [-0.1, -0.05) is 42.5 Å². The maximum atomic E-state index is 11.8. The molecule has 0 radical (unpaired) electrons. The fraction of sp³-hybridized carbons (Fsp3) is 0.250. The second-order valence-electron chi connectivity index (χ2n) is 4.86.